The van der Waals surface area contributed by atoms with Gasteiger partial charge in [-0.25, -0.2) is 0 Å². The quantitative estimate of drug-likeness (QED) is 0.893. The fourth-order valence-electron chi connectivity index (χ4n) is 3.93. The van der Waals surface area contributed by atoms with Gasteiger partial charge in [0.15, 0.2) is 0 Å². The first-order valence-electron chi connectivity index (χ1n) is 8.84. The molecule has 1 unspecified atom stereocenters. The van der Waals surface area contributed by atoms with E-state index in [9.17, 15) is 4.79 Å². The van der Waals surface area contributed by atoms with E-state index in [0.717, 1.165) is 57.0 Å². The van der Waals surface area contributed by atoms with Gasteiger partial charge in [0.1, 0.15) is 11.1 Å². The first kappa shape index (κ1) is 16.4. The number of rotatable bonds is 4. The van der Waals surface area contributed by atoms with E-state index >= 15 is 0 Å². The molecule has 3 aliphatic rings. The number of ether oxygens (including phenoxy) is 2. The number of aromatic nitrogens is 2. The van der Waals surface area contributed by atoms with Crippen LogP contribution < -0.4 is 5.32 Å². The third-order valence-corrected chi connectivity index (χ3v) is 6.03. The zero-order valence-electron chi connectivity index (χ0n) is 13.8. The zero-order valence-corrected chi connectivity index (χ0v) is 14.6. The second-order valence-corrected chi connectivity index (χ2v) is 7.95. The van der Waals surface area contributed by atoms with Crippen LogP contribution in [0.15, 0.2) is 0 Å². The van der Waals surface area contributed by atoms with Crippen LogP contribution in [0.1, 0.15) is 49.6 Å². The minimum atomic E-state index is -0.0277. The standard InChI is InChI=1S/C16H24N4O3S/c21-13(10-20-7-9-23-16(11-20)5-1-2-6-16)17-15-19-18-14(24-15)12-4-3-8-22-12/h12H,1-11H2,(H,17,19,21). The zero-order chi connectivity index (χ0) is 16.4. The van der Waals surface area contributed by atoms with Crippen molar-refractivity contribution in [2.75, 3.05) is 38.2 Å². The molecule has 1 saturated carbocycles. The van der Waals surface area contributed by atoms with Crippen molar-refractivity contribution in [1.29, 1.82) is 0 Å². The summed E-state index contributed by atoms with van der Waals surface area (Å²) >= 11 is 1.42. The molecule has 2 saturated heterocycles. The molecular formula is C16H24N4O3S. The lowest BCUT2D eigenvalue weighted by atomic mass is 10.00. The molecule has 1 aliphatic carbocycles. The highest BCUT2D eigenvalue weighted by Gasteiger charge is 2.39. The fraction of sp³-hybridized carbons (Fsp3) is 0.812. The Labute approximate surface area is 145 Å². The lowest BCUT2D eigenvalue weighted by Gasteiger charge is -2.40. The van der Waals surface area contributed by atoms with E-state index in [2.05, 4.69) is 20.4 Å². The summed E-state index contributed by atoms with van der Waals surface area (Å²) in [6, 6.07) is 0. The maximum absolute atomic E-state index is 12.3. The van der Waals surface area contributed by atoms with Gasteiger partial charge < -0.3 is 9.47 Å². The van der Waals surface area contributed by atoms with Crippen molar-refractivity contribution in [1.82, 2.24) is 15.1 Å². The summed E-state index contributed by atoms with van der Waals surface area (Å²) in [5, 5.41) is 12.5. The predicted molar refractivity (Wildman–Crippen MR) is 90.1 cm³/mol. The first-order chi connectivity index (χ1) is 11.7. The van der Waals surface area contributed by atoms with Crippen LogP contribution in [-0.2, 0) is 14.3 Å². The molecule has 1 N–H and O–H groups in total. The molecule has 2 aliphatic heterocycles. The summed E-state index contributed by atoms with van der Waals surface area (Å²) < 4.78 is 11.6. The largest absolute Gasteiger partial charge is 0.372 e. The Kier molecular flexibility index (Phi) is 4.80. The van der Waals surface area contributed by atoms with Crippen molar-refractivity contribution < 1.29 is 14.3 Å². The Morgan fingerprint density at radius 3 is 2.96 bits per heavy atom. The van der Waals surface area contributed by atoms with E-state index in [1.165, 1.54) is 24.2 Å². The minimum absolute atomic E-state index is 0.00571. The van der Waals surface area contributed by atoms with E-state index in [4.69, 9.17) is 9.47 Å². The highest BCUT2D eigenvalue weighted by Crippen LogP contribution is 2.36. The number of hydrogen-bond acceptors (Lipinski definition) is 7. The molecule has 7 nitrogen and oxygen atoms in total. The number of anilines is 1. The minimum Gasteiger partial charge on any atom is -0.372 e. The fourth-order valence-corrected chi connectivity index (χ4v) is 4.77. The summed E-state index contributed by atoms with van der Waals surface area (Å²) in [7, 11) is 0. The number of nitrogens with one attached hydrogen (secondary N) is 1. The molecule has 4 rings (SSSR count). The average Bonchev–Trinajstić information content (AvgIpc) is 3.28. The molecule has 1 aromatic heterocycles. The highest BCUT2D eigenvalue weighted by atomic mass is 32.1. The van der Waals surface area contributed by atoms with Gasteiger partial charge in [0.2, 0.25) is 11.0 Å². The van der Waals surface area contributed by atoms with Crippen molar-refractivity contribution in [3.8, 4) is 0 Å². The first-order valence-corrected chi connectivity index (χ1v) is 9.65. The number of carbonyl (C=O) groups is 1. The SMILES string of the molecule is O=C(CN1CCOC2(CCCC2)C1)Nc1nnc(C2CCCO2)s1. The summed E-state index contributed by atoms with van der Waals surface area (Å²) in [5.74, 6) is -0.0277. The van der Waals surface area contributed by atoms with Gasteiger partial charge in [-0.3, -0.25) is 15.0 Å². The third-order valence-electron chi connectivity index (χ3n) is 5.10. The number of hydrogen-bond donors (Lipinski definition) is 1. The third kappa shape index (κ3) is 3.61. The Bertz CT molecular complexity index is 582. The maximum Gasteiger partial charge on any atom is 0.240 e. The summed E-state index contributed by atoms with van der Waals surface area (Å²) in [5.41, 5.74) is -0.00571. The normalized spacial score (nSPS) is 26.9. The Balaban J connectivity index is 1.30. The number of nitrogens with zero attached hydrogens (tertiary/aromatic N) is 3. The lowest BCUT2D eigenvalue weighted by molar-refractivity contribution is -0.126. The van der Waals surface area contributed by atoms with E-state index < -0.39 is 0 Å². The van der Waals surface area contributed by atoms with Gasteiger partial charge >= 0.3 is 0 Å². The molecule has 3 heterocycles. The molecule has 1 spiro atoms. The van der Waals surface area contributed by atoms with Crippen LogP contribution in [0.4, 0.5) is 5.13 Å². The Morgan fingerprint density at radius 1 is 1.29 bits per heavy atom. The van der Waals surface area contributed by atoms with Gasteiger partial charge in [0, 0.05) is 19.7 Å². The van der Waals surface area contributed by atoms with Gasteiger partial charge in [-0.05, 0) is 25.7 Å². The van der Waals surface area contributed by atoms with Gasteiger partial charge in [-0.1, -0.05) is 24.2 Å². The van der Waals surface area contributed by atoms with Crippen LogP contribution in [0.25, 0.3) is 0 Å². The molecule has 1 aromatic rings. The number of carbonyl (C=O) groups excluding carboxylic acids is 1. The summed E-state index contributed by atoms with van der Waals surface area (Å²) in [4.78, 5) is 14.5. The second-order valence-electron chi connectivity index (χ2n) is 6.94. The Hall–Kier alpha value is -1.09. The predicted octanol–water partition coefficient (Wildman–Crippen LogP) is 1.97. The van der Waals surface area contributed by atoms with Crippen molar-refractivity contribution >= 4 is 22.4 Å². The van der Waals surface area contributed by atoms with Crippen LogP contribution in [0, 0.1) is 0 Å². The van der Waals surface area contributed by atoms with Crippen molar-refractivity contribution in [2.45, 2.75) is 50.2 Å². The van der Waals surface area contributed by atoms with Crippen LogP contribution in [0.2, 0.25) is 0 Å². The molecule has 24 heavy (non-hydrogen) atoms. The molecule has 3 fully saturated rings. The van der Waals surface area contributed by atoms with Crippen LogP contribution >= 0.6 is 11.3 Å². The van der Waals surface area contributed by atoms with E-state index in [1.54, 1.807) is 0 Å². The van der Waals surface area contributed by atoms with Crippen molar-refractivity contribution in [3.05, 3.63) is 5.01 Å². The van der Waals surface area contributed by atoms with E-state index in [-0.39, 0.29) is 17.6 Å². The molecular weight excluding hydrogens is 328 g/mol. The van der Waals surface area contributed by atoms with Crippen molar-refractivity contribution in [3.63, 3.8) is 0 Å². The Morgan fingerprint density at radius 2 is 2.17 bits per heavy atom. The molecule has 0 bridgehead atoms. The lowest BCUT2D eigenvalue weighted by Crippen LogP contribution is -2.52. The second kappa shape index (κ2) is 7.03. The summed E-state index contributed by atoms with van der Waals surface area (Å²) in [6.45, 7) is 3.56. The molecule has 132 valence electrons. The van der Waals surface area contributed by atoms with E-state index in [1.807, 2.05) is 0 Å². The van der Waals surface area contributed by atoms with Gasteiger partial charge in [-0.15, -0.1) is 10.2 Å². The van der Waals surface area contributed by atoms with Crippen LogP contribution in [0.3, 0.4) is 0 Å². The van der Waals surface area contributed by atoms with Gasteiger partial charge in [-0.2, -0.15) is 0 Å². The molecule has 1 atom stereocenters. The molecule has 1 amide bonds. The topological polar surface area (TPSA) is 76.6 Å². The summed E-state index contributed by atoms with van der Waals surface area (Å²) in [6.07, 6.45) is 6.80. The smallest absolute Gasteiger partial charge is 0.240 e. The number of amides is 1. The molecule has 8 heteroatoms. The number of morpholine rings is 1. The highest BCUT2D eigenvalue weighted by molar-refractivity contribution is 7.15. The van der Waals surface area contributed by atoms with Crippen LogP contribution in [-0.4, -0.2) is 59.5 Å². The average molecular weight is 352 g/mol. The molecule has 0 aromatic carbocycles. The van der Waals surface area contributed by atoms with Crippen LogP contribution in [0.5, 0.6) is 0 Å². The van der Waals surface area contributed by atoms with Gasteiger partial charge in [0.25, 0.3) is 0 Å². The van der Waals surface area contributed by atoms with Gasteiger partial charge in [0.05, 0.1) is 18.8 Å². The van der Waals surface area contributed by atoms with E-state index in [0.29, 0.717) is 11.7 Å². The van der Waals surface area contributed by atoms with Crippen molar-refractivity contribution in [2.24, 2.45) is 0 Å². The monoisotopic (exact) mass is 352 g/mol. The molecule has 0 radical (unpaired) electrons. The maximum atomic E-state index is 12.3.